The van der Waals surface area contributed by atoms with E-state index in [9.17, 15) is 0 Å². The molecule has 0 aliphatic heterocycles. The van der Waals surface area contributed by atoms with Gasteiger partial charge in [-0.05, 0) is 0 Å². The quantitative estimate of drug-likeness (QED) is 0.621. The van der Waals surface area contributed by atoms with E-state index in [1.807, 2.05) is 35.6 Å². The van der Waals surface area contributed by atoms with Crippen LogP contribution in [-0.4, -0.2) is 19.1 Å². The Labute approximate surface area is 123 Å². The molecule has 0 spiro atoms. The molecule has 5 heteroatoms. The van der Waals surface area contributed by atoms with Gasteiger partial charge in [-0.3, -0.25) is 0 Å². The van der Waals surface area contributed by atoms with Gasteiger partial charge in [-0.2, -0.15) is 0 Å². The second kappa shape index (κ2) is 9.69. The van der Waals surface area contributed by atoms with Crippen LogP contribution < -0.4 is 0 Å². The number of rotatable bonds is 2. The van der Waals surface area contributed by atoms with Crippen LogP contribution in [0.5, 0.6) is 0 Å². The molecular formula is C13H20N4Pd. The Morgan fingerprint density at radius 2 is 1.50 bits per heavy atom. The maximum atomic E-state index is 4.24. The van der Waals surface area contributed by atoms with Gasteiger partial charge >= 0.3 is 20.4 Å². The summed E-state index contributed by atoms with van der Waals surface area (Å²) in [4.78, 5) is 8.48. The number of aromatic nitrogens is 4. The van der Waals surface area contributed by atoms with Crippen LogP contribution in [0, 0.1) is 14.4 Å². The summed E-state index contributed by atoms with van der Waals surface area (Å²) in [5.41, 5.74) is 0. The zero-order valence-corrected chi connectivity index (χ0v) is 12.7. The Kier molecular flexibility index (Phi) is 10.3. The van der Waals surface area contributed by atoms with Gasteiger partial charge in [-0.15, -0.1) is 0 Å². The van der Waals surface area contributed by atoms with Crippen molar-refractivity contribution in [3.05, 3.63) is 63.4 Å². The molecule has 0 atom stereocenters. The summed E-state index contributed by atoms with van der Waals surface area (Å²) in [6.45, 7) is 6.50. The summed E-state index contributed by atoms with van der Waals surface area (Å²) >= 11 is 0. The number of aryl methyl sites for hydroxylation is 2. The van der Waals surface area contributed by atoms with Gasteiger partial charge in [0, 0.05) is 38.9 Å². The number of hydrogen-bond donors (Lipinski definition) is 0. The van der Waals surface area contributed by atoms with E-state index >= 15 is 0 Å². The van der Waals surface area contributed by atoms with Crippen molar-refractivity contribution in [2.75, 3.05) is 0 Å². The average Bonchev–Trinajstić information content (AvgIpc) is 2.80. The van der Waals surface area contributed by atoms with Crippen LogP contribution in [0.4, 0.5) is 0 Å². The number of imidazole rings is 2. The molecule has 2 aromatic heterocycles. The van der Waals surface area contributed by atoms with Gasteiger partial charge in [0.1, 0.15) is 11.6 Å². The molecule has 0 amide bonds. The third-order valence-corrected chi connectivity index (χ3v) is 2.16. The number of allylic oxidation sites excluding steroid dienone is 1. The molecule has 0 unspecified atom stereocenters. The van der Waals surface area contributed by atoms with Crippen molar-refractivity contribution < 1.29 is 20.4 Å². The molecule has 0 aliphatic rings. The van der Waals surface area contributed by atoms with E-state index in [0.717, 1.165) is 18.1 Å². The molecule has 0 aromatic carbocycles. The van der Waals surface area contributed by atoms with Gasteiger partial charge in [0.05, 0.1) is 6.42 Å². The van der Waals surface area contributed by atoms with E-state index in [1.165, 1.54) is 6.08 Å². The summed E-state index contributed by atoms with van der Waals surface area (Å²) in [7, 11) is 3.98. The van der Waals surface area contributed by atoms with Crippen LogP contribution in [0.15, 0.2) is 37.4 Å². The third kappa shape index (κ3) is 5.35. The first kappa shape index (κ1) is 19.0. The van der Waals surface area contributed by atoms with Gasteiger partial charge in [-0.25, -0.2) is 29.5 Å². The summed E-state index contributed by atoms with van der Waals surface area (Å²) in [6, 6.07) is 0. The number of hydrogen-bond acceptors (Lipinski definition) is 2. The van der Waals surface area contributed by atoms with Crippen LogP contribution in [-0.2, 0) is 40.9 Å². The topological polar surface area (TPSA) is 35.6 Å². The van der Waals surface area contributed by atoms with Crippen LogP contribution in [0.2, 0.25) is 0 Å². The largest absolute Gasteiger partial charge is 2.00 e. The van der Waals surface area contributed by atoms with Crippen LogP contribution in [0.1, 0.15) is 11.6 Å². The maximum Gasteiger partial charge on any atom is 2.00 e. The van der Waals surface area contributed by atoms with Crippen LogP contribution >= 0.6 is 0 Å². The second-order valence-electron chi connectivity index (χ2n) is 3.37. The molecule has 0 bridgehead atoms. The molecule has 2 aromatic rings. The van der Waals surface area contributed by atoms with E-state index in [0.29, 0.717) is 0 Å². The Morgan fingerprint density at radius 1 is 1.17 bits per heavy atom. The predicted molar refractivity (Wildman–Crippen MR) is 71.2 cm³/mol. The minimum absolute atomic E-state index is 0. The van der Waals surface area contributed by atoms with Gasteiger partial charge < -0.3 is 16.6 Å². The second-order valence-corrected chi connectivity index (χ2v) is 3.37. The smallest absolute Gasteiger partial charge is 0.358 e. The van der Waals surface area contributed by atoms with Crippen molar-refractivity contribution in [2.45, 2.75) is 6.42 Å². The van der Waals surface area contributed by atoms with Gasteiger partial charge in [0.25, 0.3) is 0 Å². The Bertz CT molecular complexity index is 407. The minimum Gasteiger partial charge on any atom is -0.358 e. The zero-order chi connectivity index (χ0) is 12.0. The standard InChI is InChI=1S/C9H12N4.C3H5.CH3.Pd/c1-12-5-3-10-8(12)7-9-11-4-6-13(9)2;1-3-2;;/h3-6H,7H2,1-2H3;3H,1-2H2;1H3;/q;2*-1;+2. The Balaban J connectivity index is 0. The fourth-order valence-electron chi connectivity index (χ4n) is 1.28. The SMILES string of the molecule is C=C[CH2-].Cn1ccnc1Cc1nccn1C.[CH3-].[Pd+2]. The molecule has 0 N–H and O–H groups in total. The summed E-state index contributed by atoms with van der Waals surface area (Å²) in [6.07, 6.45) is 9.78. The summed E-state index contributed by atoms with van der Waals surface area (Å²) < 4.78 is 4.02. The molecule has 2 heterocycles. The van der Waals surface area contributed by atoms with Crippen molar-refractivity contribution in [3.8, 4) is 0 Å². The maximum absolute atomic E-state index is 4.24. The van der Waals surface area contributed by atoms with Crippen molar-refractivity contribution in [1.29, 1.82) is 0 Å². The molecule has 0 saturated carbocycles. The van der Waals surface area contributed by atoms with E-state index in [-0.39, 0.29) is 27.8 Å². The normalized spacial score (nSPS) is 8.33. The molecule has 0 radical (unpaired) electrons. The van der Waals surface area contributed by atoms with Crippen molar-refractivity contribution in [3.63, 3.8) is 0 Å². The van der Waals surface area contributed by atoms with Gasteiger partial charge in [0.2, 0.25) is 0 Å². The predicted octanol–water partition coefficient (Wildman–Crippen LogP) is 2.20. The Hall–Kier alpha value is -1.31. The first-order valence-corrected chi connectivity index (χ1v) is 5.01. The average molecular weight is 339 g/mol. The molecule has 18 heavy (non-hydrogen) atoms. The molecule has 102 valence electrons. The van der Waals surface area contributed by atoms with Crippen molar-refractivity contribution >= 4 is 0 Å². The summed E-state index contributed by atoms with van der Waals surface area (Å²) in [5.74, 6) is 2.07. The fourth-order valence-corrected chi connectivity index (χ4v) is 1.28. The molecule has 2 rings (SSSR count). The van der Waals surface area contributed by atoms with Gasteiger partial charge in [-0.1, -0.05) is 0 Å². The molecule has 4 nitrogen and oxygen atoms in total. The van der Waals surface area contributed by atoms with E-state index < -0.39 is 0 Å². The van der Waals surface area contributed by atoms with E-state index in [4.69, 9.17) is 0 Å². The van der Waals surface area contributed by atoms with Crippen LogP contribution in [0.3, 0.4) is 0 Å². The van der Waals surface area contributed by atoms with Crippen molar-refractivity contribution in [2.24, 2.45) is 14.1 Å². The minimum atomic E-state index is 0. The Morgan fingerprint density at radius 3 is 1.72 bits per heavy atom. The third-order valence-electron chi connectivity index (χ3n) is 2.16. The van der Waals surface area contributed by atoms with Gasteiger partial charge in [0.15, 0.2) is 0 Å². The molecule has 0 aliphatic carbocycles. The van der Waals surface area contributed by atoms with E-state index in [1.54, 1.807) is 12.4 Å². The molecule has 0 saturated heterocycles. The fraction of sp³-hybridized carbons (Fsp3) is 0.231. The van der Waals surface area contributed by atoms with E-state index in [2.05, 4.69) is 23.5 Å². The zero-order valence-electron chi connectivity index (χ0n) is 11.1. The number of nitrogens with zero attached hydrogens (tertiary/aromatic N) is 4. The first-order chi connectivity index (χ1) is 7.69. The molecule has 0 fully saturated rings. The molecular weight excluding hydrogens is 319 g/mol. The first-order valence-electron chi connectivity index (χ1n) is 5.01. The summed E-state index contributed by atoms with van der Waals surface area (Å²) in [5, 5.41) is 0. The van der Waals surface area contributed by atoms with Crippen molar-refractivity contribution in [1.82, 2.24) is 19.1 Å². The monoisotopic (exact) mass is 338 g/mol. The van der Waals surface area contributed by atoms with Crippen LogP contribution in [0.25, 0.3) is 0 Å².